The van der Waals surface area contributed by atoms with Crippen molar-refractivity contribution in [3.8, 4) is 0 Å². The summed E-state index contributed by atoms with van der Waals surface area (Å²) in [6, 6.07) is 6.80. The van der Waals surface area contributed by atoms with Crippen molar-refractivity contribution in [3.63, 3.8) is 0 Å². The monoisotopic (exact) mass is 302 g/mol. The van der Waals surface area contributed by atoms with E-state index in [2.05, 4.69) is 33.8 Å². The Kier molecular flexibility index (Phi) is 3.77. The first kappa shape index (κ1) is 12.2. The van der Waals surface area contributed by atoms with Gasteiger partial charge in [0.2, 0.25) is 0 Å². The van der Waals surface area contributed by atoms with Gasteiger partial charge in [-0.05, 0) is 47.8 Å². The summed E-state index contributed by atoms with van der Waals surface area (Å²) in [5, 5.41) is 0.763. The molecule has 2 rings (SSSR count). The number of piperidine rings is 1. The van der Waals surface area contributed by atoms with Crippen molar-refractivity contribution in [2.75, 3.05) is 11.4 Å². The van der Waals surface area contributed by atoms with E-state index in [0.29, 0.717) is 12.1 Å². The number of nitrogens with two attached hydrogens (primary N) is 1. The van der Waals surface area contributed by atoms with Crippen LogP contribution in [0.5, 0.6) is 0 Å². The number of hydrogen-bond donors (Lipinski definition) is 1. The number of hydrogen-bond acceptors (Lipinski definition) is 2. The molecule has 16 heavy (non-hydrogen) atoms. The summed E-state index contributed by atoms with van der Waals surface area (Å²) in [5.41, 5.74) is 7.14. The highest BCUT2D eigenvalue weighted by molar-refractivity contribution is 9.10. The van der Waals surface area contributed by atoms with E-state index < -0.39 is 0 Å². The van der Waals surface area contributed by atoms with Gasteiger partial charge in [-0.25, -0.2) is 0 Å². The lowest BCUT2D eigenvalue weighted by Crippen LogP contribution is -2.45. The summed E-state index contributed by atoms with van der Waals surface area (Å²) in [6.07, 6.45) is 2.09. The summed E-state index contributed by atoms with van der Waals surface area (Å²) in [7, 11) is 0. The highest BCUT2D eigenvalue weighted by Crippen LogP contribution is 2.35. The smallest absolute Gasteiger partial charge is 0.0595 e. The van der Waals surface area contributed by atoms with Gasteiger partial charge in [0.15, 0.2) is 0 Å². The van der Waals surface area contributed by atoms with Crippen molar-refractivity contribution in [1.82, 2.24) is 0 Å². The van der Waals surface area contributed by atoms with E-state index >= 15 is 0 Å². The Morgan fingerprint density at radius 1 is 1.50 bits per heavy atom. The highest BCUT2D eigenvalue weighted by atomic mass is 79.9. The average Bonchev–Trinajstić information content (AvgIpc) is 2.23. The van der Waals surface area contributed by atoms with E-state index in [1.54, 1.807) is 0 Å². The Balaban J connectivity index is 2.27. The molecule has 1 fully saturated rings. The zero-order valence-corrected chi connectivity index (χ0v) is 11.6. The number of rotatable bonds is 1. The SMILES string of the molecule is CC1CC(N)CCN1c1cccc(Cl)c1Br. The number of benzene rings is 1. The predicted octanol–water partition coefficient (Wildman–Crippen LogP) is 3.42. The molecule has 1 aliphatic rings. The largest absolute Gasteiger partial charge is 0.368 e. The zero-order valence-electron chi connectivity index (χ0n) is 9.29. The molecule has 1 heterocycles. The molecule has 2 atom stereocenters. The van der Waals surface area contributed by atoms with Gasteiger partial charge in [-0.15, -0.1) is 0 Å². The van der Waals surface area contributed by atoms with Crippen LogP contribution in [0.15, 0.2) is 22.7 Å². The normalized spacial score (nSPS) is 25.9. The van der Waals surface area contributed by atoms with Gasteiger partial charge in [0.05, 0.1) is 15.2 Å². The Labute approximate surface area is 110 Å². The lowest BCUT2D eigenvalue weighted by Gasteiger charge is -2.38. The fourth-order valence-corrected chi connectivity index (χ4v) is 2.94. The van der Waals surface area contributed by atoms with Gasteiger partial charge in [-0.1, -0.05) is 17.7 Å². The average molecular weight is 304 g/mol. The van der Waals surface area contributed by atoms with Crippen LogP contribution >= 0.6 is 27.5 Å². The summed E-state index contributed by atoms with van der Waals surface area (Å²) < 4.78 is 0.985. The van der Waals surface area contributed by atoms with Crippen molar-refractivity contribution in [3.05, 3.63) is 27.7 Å². The Hall–Kier alpha value is -0.250. The molecule has 2 N–H and O–H groups in total. The van der Waals surface area contributed by atoms with Gasteiger partial charge in [-0.2, -0.15) is 0 Å². The topological polar surface area (TPSA) is 29.3 Å². The van der Waals surface area contributed by atoms with Crippen LogP contribution in [0.25, 0.3) is 0 Å². The molecule has 1 aromatic carbocycles. The van der Waals surface area contributed by atoms with Crippen molar-refractivity contribution in [2.45, 2.75) is 31.8 Å². The number of nitrogens with zero attached hydrogens (tertiary/aromatic N) is 1. The maximum absolute atomic E-state index is 6.11. The zero-order chi connectivity index (χ0) is 11.7. The Bertz CT molecular complexity index is 383. The van der Waals surface area contributed by atoms with Gasteiger partial charge in [0.1, 0.15) is 0 Å². The lowest BCUT2D eigenvalue weighted by atomic mass is 9.98. The molecule has 2 unspecified atom stereocenters. The Morgan fingerprint density at radius 3 is 2.94 bits per heavy atom. The van der Waals surface area contributed by atoms with Crippen LogP contribution < -0.4 is 10.6 Å². The molecular weight excluding hydrogens is 288 g/mol. The second-order valence-electron chi connectivity index (χ2n) is 4.40. The molecule has 0 aliphatic carbocycles. The van der Waals surface area contributed by atoms with E-state index in [9.17, 15) is 0 Å². The van der Waals surface area contributed by atoms with E-state index in [1.165, 1.54) is 5.69 Å². The van der Waals surface area contributed by atoms with Gasteiger partial charge in [0.25, 0.3) is 0 Å². The molecule has 1 aliphatic heterocycles. The van der Waals surface area contributed by atoms with E-state index in [0.717, 1.165) is 28.9 Å². The summed E-state index contributed by atoms with van der Waals surface area (Å²) in [4.78, 5) is 2.37. The second-order valence-corrected chi connectivity index (χ2v) is 5.60. The van der Waals surface area contributed by atoms with Crippen molar-refractivity contribution < 1.29 is 0 Å². The van der Waals surface area contributed by atoms with Gasteiger partial charge >= 0.3 is 0 Å². The second kappa shape index (κ2) is 4.94. The summed E-state index contributed by atoms with van der Waals surface area (Å²) in [6.45, 7) is 3.22. The van der Waals surface area contributed by atoms with Crippen LogP contribution in [0.2, 0.25) is 5.02 Å². The first-order valence-corrected chi connectivity index (χ1v) is 6.73. The van der Waals surface area contributed by atoms with Crippen LogP contribution in [0.1, 0.15) is 19.8 Å². The van der Waals surface area contributed by atoms with Gasteiger partial charge < -0.3 is 10.6 Å². The molecule has 1 aromatic rings. The minimum Gasteiger partial charge on any atom is -0.368 e. The molecule has 0 bridgehead atoms. The van der Waals surface area contributed by atoms with E-state index in [4.69, 9.17) is 17.3 Å². The molecule has 1 saturated heterocycles. The van der Waals surface area contributed by atoms with E-state index in [1.807, 2.05) is 12.1 Å². The quantitative estimate of drug-likeness (QED) is 0.861. The molecule has 0 radical (unpaired) electrons. The third-order valence-electron chi connectivity index (χ3n) is 3.16. The maximum Gasteiger partial charge on any atom is 0.0595 e. The summed E-state index contributed by atoms with van der Waals surface area (Å²) >= 11 is 9.66. The lowest BCUT2D eigenvalue weighted by molar-refractivity contribution is 0.429. The van der Waals surface area contributed by atoms with Gasteiger partial charge in [0, 0.05) is 18.6 Å². The minimum atomic E-state index is 0.337. The first-order chi connectivity index (χ1) is 7.59. The molecule has 0 aromatic heterocycles. The fourth-order valence-electron chi connectivity index (χ4n) is 2.28. The molecule has 88 valence electrons. The molecule has 4 heteroatoms. The maximum atomic E-state index is 6.11. The molecule has 0 spiro atoms. The predicted molar refractivity (Wildman–Crippen MR) is 73.2 cm³/mol. The number of halogens is 2. The van der Waals surface area contributed by atoms with Crippen molar-refractivity contribution >= 4 is 33.2 Å². The van der Waals surface area contributed by atoms with Crippen LogP contribution in [-0.2, 0) is 0 Å². The third-order valence-corrected chi connectivity index (χ3v) is 4.53. The molecule has 0 amide bonds. The molecule has 2 nitrogen and oxygen atoms in total. The number of anilines is 1. The highest BCUT2D eigenvalue weighted by Gasteiger charge is 2.24. The van der Waals surface area contributed by atoms with Crippen molar-refractivity contribution in [1.29, 1.82) is 0 Å². The van der Waals surface area contributed by atoms with Crippen LogP contribution in [0.3, 0.4) is 0 Å². The summed E-state index contributed by atoms with van der Waals surface area (Å²) in [5.74, 6) is 0. The third kappa shape index (κ3) is 2.36. The first-order valence-electron chi connectivity index (χ1n) is 5.56. The Morgan fingerprint density at radius 2 is 2.25 bits per heavy atom. The molecular formula is C12H16BrClN2. The van der Waals surface area contributed by atoms with Crippen LogP contribution in [0, 0.1) is 0 Å². The van der Waals surface area contributed by atoms with Crippen molar-refractivity contribution in [2.24, 2.45) is 5.73 Å². The fraction of sp³-hybridized carbons (Fsp3) is 0.500. The van der Waals surface area contributed by atoms with Crippen LogP contribution in [-0.4, -0.2) is 18.6 Å². The standard InChI is InChI=1S/C12H16BrClN2/c1-8-7-9(15)5-6-16(8)11-4-2-3-10(14)12(11)13/h2-4,8-9H,5-7,15H2,1H3. The molecule has 0 saturated carbocycles. The van der Waals surface area contributed by atoms with Gasteiger partial charge in [-0.3, -0.25) is 0 Å². The minimum absolute atomic E-state index is 0.337. The van der Waals surface area contributed by atoms with Crippen LogP contribution in [0.4, 0.5) is 5.69 Å². The van der Waals surface area contributed by atoms with E-state index in [-0.39, 0.29) is 0 Å².